The van der Waals surface area contributed by atoms with Crippen molar-refractivity contribution in [3.63, 3.8) is 0 Å². The maximum absolute atomic E-state index is 12.2. The van der Waals surface area contributed by atoms with E-state index >= 15 is 0 Å². The highest BCUT2D eigenvalue weighted by Crippen LogP contribution is 2.64. The fraction of sp³-hybridized carbons (Fsp3) is 0.905. The fourth-order valence-corrected chi connectivity index (χ4v) is 5.75. The second-order valence-corrected chi connectivity index (χ2v) is 9.60. The Bertz CT molecular complexity index is 616. The zero-order chi connectivity index (χ0) is 20.0. The minimum Gasteiger partial charge on any atom is -0.460 e. The number of carbonyl (C=O) groups is 1. The predicted molar refractivity (Wildman–Crippen MR) is 98.1 cm³/mol. The topological polar surface area (TPSA) is 99.8 Å². The van der Waals surface area contributed by atoms with Gasteiger partial charge in [-0.1, -0.05) is 27.7 Å². The Balaban J connectivity index is 1.53. The molecular formula is C21H33NO5. The zero-order valence-electron chi connectivity index (χ0n) is 16.9. The van der Waals surface area contributed by atoms with Crippen LogP contribution in [0.25, 0.3) is 0 Å². The first-order valence-electron chi connectivity index (χ1n) is 10.3. The molecule has 8 atom stereocenters. The van der Waals surface area contributed by atoms with Crippen molar-refractivity contribution in [1.82, 2.24) is 0 Å². The number of fused-ring (bicyclic) bond motifs is 1. The Morgan fingerprint density at radius 2 is 2.15 bits per heavy atom. The summed E-state index contributed by atoms with van der Waals surface area (Å²) in [4.78, 5) is 12.2. The van der Waals surface area contributed by atoms with Gasteiger partial charge < -0.3 is 19.7 Å². The summed E-state index contributed by atoms with van der Waals surface area (Å²) in [6.45, 7) is 8.35. The molecule has 8 unspecified atom stereocenters. The van der Waals surface area contributed by atoms with Crippen LogP contribution in [-0.4, -0.2) is 41.3 Å². The largest absolute Gasteiger partial charge is 0.460 e. The first kappa shape index (κ1) is 20.6. The molecule has 27 heavy (non-hydrogen) atoms. The van der Waals surface area contributed by atoms with Gasteiger partial charge in [0.15, 0.2) is 11.7 Å². The highest BCUT2D eigenvalue weighted by atomic mass is 16.6. The summed E-state index contributed by atoms with van der Waals surface area (Å²) < 4.78 is 11.2. The van der Waals surface area contributed by atoms with Gasteiger partial charge in [0.05, 0.1) is 18.8 Å². The van der Waals surface area contributed by atoms with Crippen molar-refractivity contribution in [2.24, 2.45) is 34.5 Å². The number of aliphatic hydroxyl groups excluding tert-OH is 2. The van der Waals surface area contributed by atoms with Gasteiger partial charge in [-0.25, -0.2) is 0 Å². The lowest BCUT2D eigenvalue weighted by Crippen LogP contribution is -2.39. The smallest absolute Gasteiger partial charge is 0.327 e. The Kier molecular flexibility index (Phi) is 5.60. The zero-order valence-corrected chi connectivity index (χ0v) is 16.9. The third kappa shape index (κ3) is 3.39. The average molecular weight is 379 g/mol. The molecule has 0 spiro atoms. The maximum Gasteiger partial charge on any atom is 0.327 e. The summed E-state index contributed by atoms with van der Waals surface area (Å²) >= 11 is 0. The number of nitriles is 1. The Morgan fingerprint density at radius 1 is 1.44 bits per heavy atom. The highest BCUT2D eigenvalue weighted by Gasteiger charge is 2.70. The van der Waals surface area contributed by atoms with Crippen molar-refractivity contribution in [3.8, 4) is 6.07 Å². The lowest BCUT2D eigenvalue weighted by atomic mass is 9.71. The quantitative estimate of drug-likeness (QED) is 0.472. The van der Waals surface area contributed by atoms with Gasteiger partial charge in [0.2, 0.25) is 0 Å². The molecule has 0 radical (unpaired) electrons. The van der Waals surface area contributed by atoms with E-state index in [1.807, 2.05) is 13.8 Å². The summed E-state index contributed by atoms with van der Waals surface area (Å²) in [5, 5.41) is 30.4. The van der Waals surface area contributed by atoms with Crippen molar-refractivity contribution in [1.29, 1.82) is 5.26 Å². The molecule has 1 aliphatic heterocycles. The predicted octanol–water partition coefficient (Wildman–Crippen LogP) is 2.63. The number of esters is 1. The van der Waals surface area contributed by atoms with Gasteiger partial charge in [-0.3, -0.25) is 4.79 Å². The van der Waals surface area contributed by atoms with Gasteiger partial charge in [0.25, 0.3) is 0 Å². The fourth-order valence-electron chi connectivity index (χ4n) is 5.75. The summed E-state index contributed by atoms with van der Waals surface area (Å²) in [5.41, 5.74) is -1.28. The van der Waals surface area contributed by atoms with Gasteiger partial charge in [-0.05, 0) is 43.9 Å². The molecule has 3 rings (SSSR count). The third-order valence-corrected chi connectivity index (χ3v) is 7.27. The van der Waals surface area contributed by atoms with Gasteiger partial charge >= 0.3 is 5.97 Å². The summed E-state index contributed by atoms with van der Waals surface area (Å²) in [6, 6.07) is 2.21. The molecule has 2 N–H and O–H groups in total. The number of hydrogen-bond donors (Lipinski definition) is 2. The van der Waals surface area contributed by atoms with Crippen LogP contribution in [0.15, 0.2) is 0 Å². The summed E-state index contributed by atoms with van der Waals surface area (Å²) in [7, 11) is 0. The van der Waals surface area contributed by atoms with E-state index in [1.54, 1.807) is 0 Å². The molecule has 3 aliphatic rings. The van der Waals surface area contributed by atoms with Gasteiger partial charge in [0.1, 0.15) is 6.10 Å². The van der Waals surface area contributed by atoms with Gasteiger partial charge in [-0.2, -0.15) is 5.26 Å². The van der Waals surface area contributed by atoms with Crippen LogP contribution in [0.2, 0.25) is 0 Å². The van der Waals surface area contributed by atoms with Crippen LogP contribution < -0.4 is 0 Å². The molecule has 1 heterocycles. The molecule has 0 aromatic carbocycles. The van der Waals surface area contributed by atoms with Crippen molar-refractivity contribution in [3.05, 3.63) is 0 Å². The van der Waals surface area contributed by atoms with Crippen LogP contribution in [0.1, 0.15) is 59.8 Å². The van der Waals surface area contributed by atoms with E-state index in [9.17, 15) is 20.3 Å². The molecule has 0 amide bonds. The van der Waals surface area contributed by atoms with Crippen LogP contribution in [0.3, 0.4) is 0 Å². The third-order valence-electron chi connectivity index (χ3n) is 7.27. The second-order valence-electron chi connectivity index (χ2n) is 9.60. The molecule has 1 saturated heterocycles. The van der Waals surface area contributed by atoms with E-state index in [0.29, 0.717) is 18.8 Å². The molecule has 2 saturated carbocycles. The number of nitrogens with zero attached hydrogens (tertiary/aromatic N) is 1. The molecule has 2 bridgehead atoms. The normalized spacial score (nSPS) is 38.5. The van der Waals surface area contributed by atoms with Crippen LogP contribution in [0.4, 0.5) is 0 Å². The summed E-state index contributed by atoms with van der Waals surface area (Å²) in [6.07, 6.45) is 1.59. The van der Waals surface area contributed by atoms with E-state index in [-0.39, 0.29) is 41.8 Å². The number of hydrogen-bond acceptors (Lipinski definition) is 6. The van der Waals surface area contributed by atoms with Crippen LogP contribution >= 0.6 is 0 Å². The van der Waals surface area contributed by atoms with Crippen molar-refractivity contribution >= 4 is 5.97 Å². The van der Waals surface area contributed by atoms with Crippen molar-refractivity contribution < 1.29 is 24.5 Å². The summed E-state index contributed by atoms with van der Waals surface area (Å²) in [5.74, 6) is 0.362. The monoisotopic (exact) mass is 379 g/mol. The minimum atomic E-state index is -0.941. The lowest BCUT2D eigenvalue weighted by Gasteiger charge is -2.35. The Morgan fingerprint density at radius 3 is 2.74 bits per heavy atom. The van der Waals surface area contributed by atoms with E-state index in [4.69, 9.17) is 9.47 Å². The highest BCUT2D eigenvalue weighted by molar-refractivity contribution is 5.84. The molecule has 0 aromatic heterocycles. The average Bonchev–Trinajstić information content (AvgIpc) is 3.20. The number of carbonyl (C=O) groups excluding carboxylic acids is 1. The SMILES string of the molecule is CCC(C)(CC(C)C)C(O)OCC(O)CC1C2CC3C1OC(=O)C3(C#N)C2. The van der Waals surface area contributed by atoms with E-state index < -0.39 is 17.8 Å². The molecular weight excluding hydrogens is 346 g/mol. The van der Waals surface area contributed by atoms with E-state index in [2.05, 4.69) is 19.9 Å². The Hall–Kier alpha value is -1.16. The second kappa shape index (κ2) is 7.35. The minimum absolute atomic E-state index is 0.0295. The van der Waals surface area contributed by atoms with Crippen molar-refractivity contribution in [2.75, 3.05) is 6.61 Å². The molecule has 6 heteroatoms. The van der Waals surface area contributed by atoms with E-state index in [1.165, 1.54) is 0 Å². The first-order valence-corrected chi connectivity index (χ1v) is 10.3. The van der Waals surface area contributed by atoms with Crippen molar-refractivity contribution in [2.45, 2.75) is 78.3 Å². The standard InChI is InChI=1S/C21H33NO5/c1-5-20(4,8-12(2)3)18(24)26-10-14(23)7-15-13-6-16-17(15)27-19(25)21(16,9-13)11-22/h12-18,23-24H,5-10H2,1-4H3. The molecule has 6 nitrogen and oxygen atoms in total. The Labute approximate surface area is 161 Å². The van der Waals surface area contributed by atoms with Crippen LogP contribution in [-0.2, 0) is 14.3 Å². The number of rotatable bonds is 9. The number of ether oxygens (including phenoxy) is 2. The lowest BCUT2D eigenvalue weighted by molar-refractivity contribution is -0.190. The molecule has 3 fully saturated rings. The van der Waals surface area contributed by atoms with Crippen LogP contribution in [0.5, 0.6) is 0 Å². The van der Waals surface area contributed by atoms with Gasteiger partial charge in [-0.15, -0.1) is 0 Å². The molecule has 2 aliphatic carbocycles. The van der Waals surface area contributed by atoms with Gasteiger partial charge in [0, 0.05) is 17.3 Å². The van der Waals surface area contributed by atoms with E-state index in [0.717, 1.165) is 19.3 Å². The maximum atomic E-state index is 12.2. The molecule has 0 aromatic rings. The van der Waals surface area contributed by atoms with Crippen LogP contribution in [0, 0.1) is 45.8 Å². The molecule has 152 valence electrons. The first-order chi connectivity index (χ1) is 12.7. The number of aliphatic hydroxyl groups is 2.